The molecule has 0 bridgehead atoms. The first kappa shape index (κ1) is 23.1. The number of rotatable bonds is 6. The Morgan fingerprint density at radius 1 is 1.24 bits per heavy atom. The van der Waals surface area contributed by atoms with E-state index in [1.54, 1.807) is 12.3 Å². The Labute approximate surface area is 195 Å². The molecule has 2 aromatic rings. The van der Waals surface area contributed by atoms with Gasteiger partial charge in [-0.2, -0.15) is 13.2 Å². The van der Waals surface area contributed by atoms with Gasteiger partial charge in [0, 0.05) is 43.7 Å². The Morgan fingerprint density at radius 3 is 2.61 bits per heavy atom. The number of anilines is 1. The summed E-state index contributed by atoms with van der Waals surface area (Å²) in [5.74, 6) is 1.49. The molecule has 2 fully saturated rings. The smallest absolute Gasteiger partial charge is 0.385 e. The molecule has 10 heteroatoms. The molecular formula is C23H24ClF3N6. The average Bonchev–Trinajstić information content (AvgIpc) is 3.63. The van der Waals surface area contributed by atoms with E-state index in [-0.39, 0.29) is 12.0 Å². The lowest BCUT2D eigenvalue weighted by atomic mass is 9.99. The molecule has 1 aliphatic carbocycles. The fourth-order valence-electron chi connectivity index (χ4n) is 3.91. The van der Waals surface area contributed by atoms with Gasteiger partial charge < -0.3 is 16.0 Å². The van der Waals surface area contributed by atoms with E-state index >= 15 is 0 Å². The second-order valence-electron chi connectivity index (χ2n) is 8.09. The summed E-state index contributed by atoms with van der Waals surface area (Å²) in [5, 5.41) is 3.90. The second-order valence-corrected chi connectivity index (χ2v) is 8.53. The van der Waals surface area contributed by atoms with Crippen LogP contribution in [0.5, 0.6) is 0 Å². The molecule has 174 valence electrons. The summed E-state index contributed by atoms with van der Waals surface area (Å²) >= 11 is 5.96. The predicted octanol–water partition coefficient (Wildman–Crippen LogP) is 4.85. The van der Waals surface area contributed by atoms with Gasteiger partial charge in [-0.1, -0.05) is 24.2 Å². The van der Waals surface area contributed by atoms with Crippen LogP contribution in [0.4, 0.5) is 19.0 Å². The lowest BCUT2D eigenvalue weighted by molar-refractivity contribution is -0.141. The van der Waals surface area contributed by atoms with Crippen molar-refractivity contribution in [1.29, 1.82) is 0 Å². The first-order valence-electron chi connectivity index (χ1n) is 10.6. The molecular weight excluding hydrogens is 453 g/mol. The van der Waals surface area contributed by atoms with Gasteiger partial charge in [-0.25, -0.2) is 4.98 Å². The molecule has 1 atom stereocenters. The summed E-state index contributed by atoms with van der Waals surface area (Å²) in [7, 11) is 0. The van der Waals surface area contributed by atoms with Crippen LogP contribution in [0.1, 0.15) is 36.6 Å². The quantitative estimate of drug-likeness (QED) is 0.622. The number of nitrogens with two attached hydrogens (primary N) is 1. The molecule has 1 unspecified atom stereocenters. The molecule has 2 aliphatic rings. The lowest BCUT2D eigenvalue weighted by Crippen LogP contribution is -2.40. The number of alkyl halides is 3. The van der Waals surface area contributed by atoms with Crippen LogP contribution in [0.15, 0.2) is 65.8 Å². The highest BCUT2D eigenvalue weighted by molar-refractivity contribution is 6.30. The highest BCUT2D eigenvalue weighted by Crippen LogP contribution is 2.42. The molecule has 3 heterocycles. The van der Waals surface area contributed by atoms with Crippen molar-refractivity contribution in [3.8, 4) is 0 Å². The fourth-order valence-corrected chi connectivity index (χ4v) is 4.02. The molecule has 0 spiro atoms. The van der Waals surface area contributed by atoms with Gasteiger partial charge in [-0.3, -0.25) is 9.98 Å². The predicted molar refractivity (Wildman–Crippen MR) is 123 cm³/mol. The van der Waals surface area contributed by atoms with Crippen LogP contribution in [0, 0.1) is 5.92 Å². The van der Waals surface area contributed by atoms with Crippen molar-refractivity contribution < 1.29 is 13.2 Å². The van der Waals surface area contributed by atoms with E-state index in [1.165, 1.54) is 18.5 Å². The van der Waals surface area contributed by atoms with Crippen molar-refractivity contribution in [1.82, 2.24) is 15.3 Å². The van der Waals surface area contributed by atoms with E-state index in [0.29, 0.717) is 35.9 Å². The van der Waals surface area contributed by atoms with Crippen molar-refractivity contribution >= 4 is 23.1 Å². The average molecular weight is 477 g/mol. The number of nitrogens with one attached hydrogen (secondary N) is 1. The minimum absolute atomic E-state index is 0.235. The molecule has 33 heavy (non-hydrogen) atoms. The molecule has 0 aromatic carbocycles. The summed E-state index contributed by atoms with van der Waals surface area (Å²) in [6.45, 7) is 4.87. The molecule has 1 saturated heterocycles. The van der Waals surface area contributed by atoms with Crippen molar-refractivity contribution in [2.45, 2.75) is 31.5 Å². The molecule has 1 saturated carbocycles. The van der Waals surface area contributed by atoms with E-state index in [2.05, 4.69) is 31.8 Å². The SMILES string of the molecule is C=C/N=C1/CCN(c2ccc(Cl)cn2)C/C1=C(/N)NC(c1ccc(C(F)(F)F)nc1)C1CC1. The molecule has 1 aliphatic heterocycles. The Bertz CT molecular complexity index is 1060. The van der Waals surface area contributed by atoms with Crippen molar-refractivity contribution in [2.75, 3.05) is 18.0 Å². The largest absolute Gasteiger partial charge is 0.433 e. The minimum atomic E-state index is -4.47. The maximum atomic E-state index is 12.9. The zero-order chi connectivity index (χ0) is 23.6. The Hall–Kier alpha value is -3.07. The van der Waals surface area contributed by atoms with Gasteiger partial charge in [-0.05, 0) is 42.5 Å². The lowest BCUT2D eigenvalue weighted by Gasteiger charge is -2.32. The van der Waals surface area contributed by atoms with Gasteiger partial charge in [0.2, 0.25) is 0 Å². The Kier molecular flexibility index (Phi) is 6.60. The zero-order valence-electron chi connectivity index (χ0n) is 17.8. The van der Waals surface area contributed by atoms with Crippen LogP contribution in [0.2, 0.25) is 5.02 Å². The monoisotopic (exact) mass is 476 g/mol. The molecule has 6 nitrogen and oxygen atoms in total. The minimum Gasteiger partial charge on any atom is -0.385 e. The third-order valence-electron chi connectivity index (χ3n) is 5.76. The Balaban J connectivity index is 1.60. The van der Waals surface area contributed by atoms with Gasteiger partial charge >= 0.3 is 6.18 Å². The van der Waals surface area contributed by atoms with Crippen LogP contribution < -0.4 is 16.0 Å². The number of aromatic nitrogens is 2. The van der Waals surface area contributed by atoms with Gasteiger partial charge in [0.25, 0.3) is 0 Å². The van der Waals surface area contributed by atoms with Crippen LogP contribution in [-0.4, -0.2) is 28.8 Å². The third kappa shape index (κ3) is 5.47. The summed E-state index contributed by atoms with van der Waals surface area (Å²) in [4.78, 5) is 14.5. The van der Waals surface area contributed by atoms with Crippen molar-refractivity contribution in [3.63, 3.8) is 0 Å². The molecule has 4 rings (SSSR count). The molecule has 2 aromatic heterocycles. The van der Waals surface area contributed by atoms with Crippen LogP contribution in [0.3, 0.4) is 0 Å². The zero-order valence-corrected chi connectivity index (χ0v) is 18.6. The highest BCUT2D eigenvalue weighted by Gasteiger charge is 2.36. The fraction of sp³-hybridized carbons (Fsp3) is 0.348. The van der Waals surface area contributed by atoms with Gasteiger partial charge in [0.05, 0.1) is 16.8 Å². The van der Waals surface area contributed by atoms with Crippen LogP contribution >= 0.6 is 11.6 Å². The summed E-state index contributed by atoms with van der Waals surface area (Å²) in [6, 6.07) is 5.87. The first-order valence-corrected chi connectivity index (χ1v) is 11.0. The maximum absolute atomic E-state index is 12.9. The second kappa shape index (κ2) is 9.43. The maximum Gasteiger partial charge on any atom is 0.433 e. The summed E-state index contributed by atoms with van der Waals surface area (Å²) < 4.78 is 38.7. The van der Waals surface area contributed by atoms with Crippen molar-refractivity contribution in [2.24, 2.45) is 16.6 Å². The number of hydrogen-bond donors (Lipinski definition) is 2. The summed E-state index contributed by atoms with van der Waals surface area (Å²) in [5.41, 5.74) is 7.91. The number of piperidine rings is 1. The van der Waals surface area contributed by atoms with E-state index in [1.807, 2.05) is 6.07 Å². The van der Waals surface area contributed by atoms with Gasteiger partial charge in [-0.15, -0.1) is 0 Å². The molecule has 0 radical (unpaired) electrons. The van der Waals surface area contributed by atoms with E-state index in [4.69, 9.17) is 17.3 Å². The van der Waals surface area contributed by atoms with E-state index < -0.39 is 11.9 Å². The van der Waals surface area contributed by atoms with Crippen molar-refractivity contribution in [3.05, 3.63) is 77.1 Å². The normalized spacial score (nSPS) is 20.5. The molecule has 0 amide bonds. The number of hydrogen-bond acceptors (Lipinski definition) is 6. The number of halogens is 4. The van der Waals surface area contributed by atoms with Crippen LogP contribution in [-0.2, 0) is 6.18 Å². The number of pyridine rings is 2. The van der Waals surface area contributed by atoms with Gasteiger partial charge in [0.15, 0.2) is 0 Å². The number of aliphatic imine (C=N–C) groups is 1. The topological polar surface area (TPSA) is 79.4 Å². The van der Waals surface area contributed by atoms with Crippen LogP contribution in [0.25, 0.3) is 0 Å². The van der Waals surface area contributed by atoms with E-state index in [0.717, 1.165) is 36.0 Å². The third-order valence-corrected chi connectivity index (χ3v) is 5.99. The molecule has 3 N–H and O–H groups in total. The standard InChI is InChI=1S/C23H24ClF3N6/c1-2-29-18-9-10-33(20-8-6-16(24)12-31-20)13-17(18)22(28)32-21(14-3-4-14)15-5-7-19(30-11-15)23(25,26)27/h2,5-8,11-12,14,21,32H,1,3-4,9-10,13,28H2/b22-17+,29-18-. The number of nitrogens with zero attached hydrogens (tertiary/aromatic N) is 4. The Morgan fingerprint density at radius 2 is 2.03 bits per heavy atom. The van der Waals surface area contributed by atoms with Gasteiger partial charge in [0.1, 0.15) is 17.3 Å². The first-order chi connectivity index (χ1) is 15.8. The van der Waals surface area contributed by atoms with E-state index in [9.17, 15) is 13.2 Å². The summed E-state index contributed by atoms with van der Waals surface area (Å²) in [6.07, 6.45) is 2.46. The highest BCUT2D eigenvalue weighted by atomic mass is 35.5.